The zero-order valence-corrected chi connectivity index (χ0v) is 15.0. The number of H-pyrrole nitrogens is 1. The Morgan fingerprint density at radius 2 is 2.17 bits per heavy atom. The summed E-state index contributed by atoms with van der Waals surface area (Å²) in [6.45, 7) is 1.10. The molecule has 10 nitrogen and oxygen atoms in total. The highest BCUT2D eigenvalue weighted by Crippen LogP contribution is 2.30. The van der Waals surface area contributed by atoms with Gasteiger partial charge in [-0.3, -0.25) is 19.1 Å². The number of rotatable bonds is 4. The van der Waals surface area contributed by atoms with Crippen LogP contribution in [0.1, 0.15) is 19.6 Å². The molecule has 11 heteroatoms. The molecule has 1 fully saturated rings. The quantitative estimate of drug-likeness (QED) is 0.503. The molecule has 1 aliphatic heterocycles. The molecule has 2 rings (SSSR count). The molecule has 1 saturated heterocycles. The maximum absolute atomic E-state index is 12.0. The summed E-state index contributed by atoms with van der Waals surface area (Å²) in [6.07, 6.45) is -1.67. The lowest BCUT2D eigenvalue weighted by molar-refractivity contribution is -0.152. The number of halogens is 1. The van der Waals surface area contributed by atoms with Gasteiger partial charge in [-0.1, -0.05) is 0 Å². The summed E-state index contributed by atoms with van der Waals surface area (Å²) < 4.78 is 21.4. The average Bonchev–Trinajstić information content (AvgIpc) is 2.90. The maximum atomic E-state index is 12.0. The Bertz CT molecular complexity index is 742. The third-order valence-electron chi connectivity index (χ3n) is 3.21. The third kappa shape index (κ3) is 4.35. The Kier molecular flexibility index (Phi) is 5.99. The number of hydrogen-bond donors (Lipinski definition) is 1. The second-order valence-electron chi connectivity index (χ2n) is 4.94. The Hall–Kier alpha value is -1.89. The van der Waals surface area contributed by atoms with Crippen molar-refractivity contribution < 1.29 is 28.5 Å². The van der Waals surface area contributed by atoms with Gasteiger partial charge < -0.3 is 18.9 Å². The van der Waals surface area contributed by atoms with Gasteiger partial charge in [0.15, 0.2) is 6.23 Å². The van der Waals surface area contributed by atoms with Gasteiger partial charge in [-0.25, -0.2) is 9.59 Å². The van der Waals surface area contributed by atoms with Crippen LogP contribution in [0.4, 0.5) is 4.79 Å². The second kappa shape index (κ2) is 7.79. The van der Waals surface area contributed by atoms with Crippen molar-refractivity contribution in [1.29, 1.82) is 0 Å². The standard InChI is InChI=1S/C13H15IN2O8/c1-6(17)23-9-3-7(5-22-13(20)21-2)24-11(9)16-4-8(14)10(18)15-12(16)19/h4,7,9,11H,3,5H2,1-2H3,(H,15,18,19)/t7-,9+,11+/m0/s1. The number of aromatic nitrogens is 2. The molecule has 0 bridgehead atoms. The van der Waals surface area contributed by atoms with E-state index in [0.29, 0.717) is 0 Å². The van der Waals surface area contributed by atoms with E-state index in [-0.39, 0.29) is 16.6 Å². The van der Waals surface area contributed by atoms with Gasteiger partial charge in [0.2, 0.25) is 0 Å². The number of nitrogens with zero attached hydrogens (tertiary/aromatic N) is 1. The summed E-state index contributed by atoms with van der Waals surface area (Å²) in [5, 5.41) is 0. The van der Waals surface area contributed by atoms with Crippen molar-refractivity contribution in [1.82, 2.24) is 9.55 Å². The van der Waals surface area contributed by atoms with Crippen molar-refractivity contribution in [2.75, 3.05) is 13.7 Å². The number of aromatic amines is 1. The van der Waals surface area contributed by atoms with E-state index in [9.17, 15) is 19.2 Å². The average molecular weight is 454 g/mol. The van der Waals surface area contributed by atoms with Crippen molar-refractivity contribution in [3.63, 3.8) is 0 Å². The van der Waals surface area contributed by atoms with Crippen LogP contribution >= 0.6 is 22.6 Å². The summed E-state index contributed by atoms with van der Waals surface area (Å²) in [5.74, 6) is -0.546. The molecule has 0 spiro atoms. The van der Waals surface area contributed by atoms with E-state index in [1.54, 1.807) is 22.6 Å². The van der Waals surface area contributed by atoms with E-state index in [1.807, 2.05) is 0 Å². The fourth-order valence-electron chi connectivity index (χ4n) is 2.26. The number of carbonyl (C=O) groups excluding carboxylic acids is 2. The van der Waals surface area contributed by atoms with Crippen LogP contribution in [0.3, 0.4) is 0 Å². The first-order chi connectivity index (χ1) is 11.3. The lowest BCUT2D eigenvalue weighted by Gasteiger charge is -2.20. The summed E-state index contributed by atoms with van der Waals surface area (Å²) >= 11 is 1.77. The minimum Gasteiger partial charge on any atom is -0.458 e. The Balaban J connectivity index is 2.23. The highest BCUT2D eigenvalue weighted by atomic mass is 127. The Labute approximate surface area is 149 Å². The molecule has 0 aliphatic carbocycles. The van der Waals surface area contributed by atoms with Crippen molar-refractivity contribution in [3.8, 4) is 0 Å². The molecule has 0 aromatic carbocycles. The number of ether oxygens (including phenoxy) is 4. The van der Waals surface area contributed by atoms with Crippen molar-refractivity contribution in [3.05, 3.63) is 30.6 Å². The molecule has 1 aromatic rings. The molecule has 132 valence electrons. The van der Waals surface area contributed by atoms with Gasteiger partial charge in [0, 0.05) is 19.5 Å². The van der Waals surface area contributed by atoms with E-state index in [0.717, 1.165) is 4.57 Å². The highest BCUT2D eigenvalue weighted by Gasteiger charge is 2.40. The molecule has 3 atom stereocenters. The van der Waals surface area contributed by atoms with Crippen LogP contribution in [-0.2, 0) is 23.7 Å². The summed E-state index contributed by atoms with van der Waals surface area (Å²) in [6, 6.07) is 0. The van der Waals surface area contributed by atoms with Crippen molar-refractivity contribution in [2.45, 2.75) is 31.8 Å². The van der Waals surface area contributed by atoms with Gasteiger partial charge in [-0.05, 0) is 22.6 Å². The van der Waals surface area contributed by atoms with Gasteiger partial charge in [0.05, 0.1) is 16.8 Å². The highest BCUT2D eigenvalue weighted by molar-refractivity contribution is 14.1. The first kappa shape index (κ1) is 18.4. The third-order valence-corrected chi connectivity index (χ3v) is 3.98. The topological polar surface area (TPSA) is 126 Å². The van der Waals surface area contributed by atoms with Gasteiger partial charge >= 0.3 is 17.8 Å². The molecule has 0 saturated carbocycles. The predicted molar refractivity (Wildman–Crippen MR) is 86.5 cm³/mol. The molecule has 24 heavy (non-hydrogen) atoms. The molecule has 0 unspecified atom stereocenters. The molecule has 1 aliphatic rings. The number of methoxy groups -OCH3 is 1. The summed E-state index contributed by atoms with van der Waals surface area (Å²) in [5.41, 5.74) is -1.22. The van der Waals surface area contributed by atoms with E-state index in [2.05, 4.69) is 9.72 Å². The normalized spacial score (nSPS) is 22.9. The van der Waals surface area contributed by atoms with E-state index >= 15 is 0 Å². The number of esters is 1. The lowest BCUT2D eigenvalue weighted by Crippen LogP contribution is -2.37. The van der Waals surface area contributed by atoms with Gasteiger partial charge in [-0.2, -0.15) is 0 Å². The molecular formula is C13H15IN2O8. The number of hydrogen-bond acceptors (Lipinski definition) is 8. The van der Waals surface area contributed by atoms with Crippen molar-refractivity contribution >= 4 is 34.7 Å². The largest absolute Gasteiger partial charge is 0.508 e. The van der Waals surface area contributed by atoms with Gasteiger partial charge in [0.25, 0.3) is 5.56 Å². The van der Waals surface area contributed by atoms with Crippen LogP contribution < -0.4 is 11.2 Å². The fraction of sp³-hybridized carbons (Fsp3) is 0.538. The predicted octanol–water partition coefficient (Wildman–Crippen LogP) is 0.143. The van der Waals surface area contributed by atoms with Crippen molar-refractivity contribution in [2.24, 2.45) is 0 Å². The Morgan fingerprint density at radius 3 is 2.79 bits per heavy atom. The smallest absolute Gasteiger partial charge is 0.458 e. The van der Waals surface area contributed by atoms with Crippen LogP contribution in [0.25, 0.3) is 0 Å². The second-order valence-corrected chi connectivity index (χ2v) is 6.10. The number of carbonyl (C=O) groups is 2. The Morgan fingerprint density at radius 1 is 1.46 bits per heavy atom. The zero-order valence-electron chi connectivity index (χ0n) is 12.8. The van der Waals surface area contributed by atoms with Crippen LogP contribution in [-0.4, -0.2) is 47.6 Å². The van der Waals surface area contributed by atoms with Crippen LogP contribution in [0.5, 0.6) is 0 Å². The van der Waals surface area contributed by atoms with Gasteiger partial charge in [0.1, 0.15) is 12.7 Å². The first-order valence-electron chi connectivity index (χ1n) is 6.86. The molecule has 2 heterocycles. The SMILES string of the molecule is COC(=O)OC[C@@H]1C[C@@H](OC(C)=O)[C@H](n2cc(I)c(=O)[nH]c2=O)O1. The van der Waals surface area contributed by atoms with Crippen LogP contribution in [0.2, 0.25) is 0 Å². The van der Waals surface area contributed by atoms with Crippen LogP contribution in [0, 0.1) is 3.57 Å². The zero-order chi connectivity index (χ0) is 17.9. The first-order valence-corrected chi connectivity index (χ1v) is 7.94. The summed E-state index contributed by atoms with van der Waals surface area (Å²) in [7, 11) is 1.17. The minimum atomic E-state index is -0.946. The van der Waals surface area contributed by atoms with Gasteiger partial charge in [-0.15, -0.1) is 0 Å². The van der Waals surface area contributed by atoms with E-state index in [1.165, 1.54) is 20.2 Å². The lowest BCUT2D eigenvalue weighted by atomic mass is 10.2. The minimum absolute atomic E-state index is 0.129. The maximum Gasteiger partial charge on any atom is 0.508 e. The van der Waals surface area contributed by atoms with Crippen LogP contribution in [0.15, 0.2) is 15.8 Å². The molecule has 1 N–H and O–H groups in total. The number of nitrogens with one attached hydrogen (secondary N) is 1. The molecular weight excluding hydrogens is 439 g/mol. The molecule has 0 radical (unpaired) electrons. The monoisotopic (exact) mass is 454 g/mol. The molecule has 0 amide bonds. The summed E-state index contributed by atoms with van der Waals surface area (Å²) in [4.78, 5) is 47.9. The fourth-order valence-corrected chi connectivity index (χ4v) is 2.69. The molecule has 1 aromatic heterocycles. The van der Waals surface area contributed by atoms with E-state index in [4.69, 9.17) is 14.2 Å². The van der Waals surface area contributed by atoms with E-state index < -0.39 is 41.8 Å².